The highest BCUT2D eigenvalue weighted by Gasteiger charge is 2.14. The number of hydrogen-bond acceptors (Lipinski definition) is 4. The second-order valence-electron chi connectivity index (χ2n) is 4.95. The van der Waals surface area contributed by atoms with E-state index in [1.165, 1.54) is 31.4 Å². The molecule has 1 amide bonds. The molecular weight excluding hydrogens is 352 g/mol. The summed E-state index contributed by atoms with van der Waals surface area (Å²) in [6.45, 7) is 0.464. The Morgan fingerprint density at radius 3 is 2.29 bits per heavy atom. The van der Waals surface area contributed by atoms with Crippen molar-refractivity contribution in [3.63, 3.8) is 0 Å². The first-order valence-corrected chi connectivity index (χ1v) is 8.96. The summed E-state index contributed by atoms with van der Waals surface area (Å²) >= 11 is 5.82. The van der Waals surface area contributed by atoms with Crippen molar-refractivity contribution < 1.29 is 18.0 Å². The molecule has 2 aromatic carbocycles. The Hall–Kier alpha value is -1.93. The summed E-state index contributed by atoms with van der Waals surface area (Å²) in [5, 5.41) is 3.45. The molecule has 0 heterocycles. The van der Waals surface area contributed by atoms with Gasteiger partial charge < -0.3 is 5.32 Å². The van der Waals surface area contributed by atoms with Crippen molar-refractivity contribution >= 4 is 27.5 Å². The van der Waals surface area contributed by atoms with Gasteiger partial charge in [0.1, 0.15) is 0 Å². The predicted molar refractivity (Wildman–Crippen MR) is 91.3 cm³/mol. The van der Waals surface area contributed by atoms with Gasteiger partial charge >= 0.3 is 0 Å². The molecule has 0 atom stereocenters. The molecule has 0 aliphatic carbocycles. The van der Waals surface area contributed by atoms with E-state index >= 15 is 0 Å². The molecule has 0 aliphatic heterocycles. The van der Waals surface area contributed by atoms with E-state index in [0.29, 0.717) is 23.6 Å². The van der Waals surface area contributed by atoms with E-state index in [2.05, 4.69) is 10.2 Å². The van der Waals surface area contributed by atoms with Gasteiger partial charge in [0, 0.05) is 17.1 Å². The van der Waals surface area contributed by atoms with Crippen LogP contribution in [0.3, 0.4) is 0 Å². The lowest BCUT2D eigenvalue weighted by molar-refractivity contribution is 0.0954. The molecule has 0 aliphatic rings. The molecule has 2 rings (SSSR count). The van der Waals surface area contributed by atoms with E-state index in [-0.39, 0.29) is 10.8 Å². The highest BCUT2D eigenvalue weighted by Crippen LogP contribution is 2.11. The van der Waals surface area contributed by atoms with Crippen LogP contribution in [0.15, 0.2) is 53.4 Å². The van der Waals surface area contributed by atoms with Crippen molar-refractivity contribution in [2.24, 2.45) is 0 Å². The van der Waals surface area contributed by atoms with E-state index in [1.807, 2.05) is 17.0 Å². The normalized spacial score (nSPS) is 11.2. The van der Waals surface area contributed by atoms with Gasteiger partial charge in [0.2, 0.25) is 0 Å². The van der Waals surface area contributed by atoms with Crippen LogP contribution in [0.2, 0.25) is 5.02 Å². The van der Waals surface area contributed by atoms with Gasteiger partial charge in [-0.2, -0.15) is 0 Å². The standard InChI is InChI=1S/C16H17ClN2O4S/c1-23-19-24(21,22)15-8-4-13(5-9-15)16(20)18-11-10-12-2-6-14(17)7-3-12/h2-9,19H,10-11H2,1H3,(H,18,20). The molecule has 0 saturated carbocycles. The maximum atomic E-state index is 12.1. The van der Waals surface area contributed by atoms with Gasteiger partial charge in [-0.15, -0.1) is 0 Å². The monoisotopic (exact) mass is 368 g/mol. The Kier molecular flexibility index (Phi) is 6.33. The molecule has 0 saturated heterocycles. The molecule has 2 N–H and O–H groups in total. The quantitative estimate of drug-likeness (QED) is 0.733. The third-order valence-electron chi connectivity index (χ3n) is 3.23. The molecular formula is C16H17ClN2O4S. The van der Waals surface area contributed by atoms with Crippen LogP contribution in [-0.2, 0) is 21.3 Å². The van der Waals surface area contributed by atoms with Crippen LogP contribution < -0.4 is 10.2 Å². The fourth-order valence-electron chi connectivity index (χ4n) is 2.02. The lowest BCUT2D eigenvalue weighted by Gasteiger charge is -2.07. The van der Waals surface area contributed by atoms with Gasteiger partial charge in [-0.1, -0.05) is 28.6 Å². The zero-order chi connectivity index (χ0) is 17.6. The molecule has 0 unspecified atom stereocenters. The Balaban J connectivity index is 1.92. The average molecular weight is 369 g/mol. The first-order valence-electron chi connectivity index (χ1n) is 7.10. The molecule has 0 aromatic heterocycles. The summed E-state index contributed by atoms with van der Waals surface area (Å²) in [4.78, 5) is 18.4. The minimum atomic E-state index is -3.72. The minimum Gasteiger partial charge on any atom is -0.352 e. The third kappa shape index (κ3) is 5.04. The van der Waals surface area contributed by atoms with Crippen LogP contribution in [0.25, 0.3) is 0 Å². The van der Waals surface area contributed by atoms with Crippen molar-refractivity contribution in [1.29, 1.82) is 0 Å². The number of halogens is 1. The summed E-state index contributed by atoms with van der Waals surface area (Å²) in [6.07, 6.45) is 0.674. The number of hydrogen-bond donors (Lipinski definition) is 2. The molecule has 8 heteroatoms. The molecule has 2 aromatic rings. The summed E-state index contributed by atoms with van der Waals surface area (Å²) < 4.78 is 23.4. The highest BCUT2D eigenvalue weighted by molar-refractivity contribution is 7.89. The second-order valence-corrected chi connectivity index (χ2v) is 7.03. The SMILES string of the molecule is CONS(=O)(=O)c1ccc(C(=O)NCCc2ccc(Cl)cc2)cc1. The molecule has 0 radical (unpaired) electrons. The number of carbonyl (C=O) groups excluding carboxylic acids is 1. The van der Waals surface area contributed by atoms with E-state index in [9.17, 15) is 13.2 Å². The molecule has 0 fully saturated rings. The highest BCUT2D eigenvalue weighted by atomic mass is 35.5. The van der Waals surface area contributed by atoms with Crippen LogP contribution in [0.4, 0.5) is 0 Å². The zero-order valence-corrected chi connectivity index (χ0v) is 14.5. The van der Waals surface area contributed by atoms with Crippen molar-refractivity contribution in [3.05, 3.63) is 64.7 Å². The van der Waals surface area contributed by atoms with Crippen LogP contribution in [0, 0.1) is 0 Å². The van der Waals surface area contributed by atoms with Gasteiger partial charge in [0.05, 0.1) is 12.0 Å². The van der Waals surface area contributed by atoms with E-state index in [1.54, 1.807) is 12.1 Å². The number of amides is 1. The molecule has 128 valence electrons. The van der Waals surface area contributed by atoms with Crippen molar-refractivity contribution in [1.82, 2.24) is 10.2 Å². The number of sulfonamides is 1. The molecule has 0 spiro atoms. The van der Waals surface area contributed by atoms with Crippen molar-refractivity contribution in [3.8, 4) is 0 Å². The van der Waals surface area contributed by atoms with Crippen molar-refractivity contribution in [2.75, 3.05) is 13.7 Å². The maximum Gasteiger partial charge on any atom is 0.262 e. The molecule has 6 nitrogen and oxygen atoms in total. The van der Waals surface area contributed by atoms with Gasteiger partial charge in [-0.25, -0.2) is 8.42 Å². The largest absolute Gasteiger partial charge is 0.352 e. The van der Waals surface area contributed by atoms with Crippen LogP contribution in [0.5, 0.6) is 0 Å². The van der Waals surface area contributed by atoms with Gasteiger partial charge in [-0.3, -0.25) is 9.63 Å². The lowest BCUT2D eigenvalue weighted by Crippen LogP contribution is -2.26. The van der Waals surface area contributed by atoms with E-state index in [0.717, 1.165) is 5.56 Å². The average Bonchev–Trinajstić information content (AvgIpc) is 2.56. The van der Waals surface area contributed by atoms with Gasteiger partial charge in [0.15, 0.2) is 0 Å². The van der Waals surface area contributed by atoms with E-state index < -0.39 is 10.0 Å². The van der Waals surface area contributed by atoms with Crippen molar-refractivity contribution in [2.45, 2.75) is 11.3 Å². The smallest absolute Gasteiger partial charge is 0.262 e. The lowest BCUT2D eigenvalue weighted by atomic mass is 10.1. The number of benzene rings is 2. The van der Waals surface area contributed by atoms with E-state index in [4.69, 9.17) is 11.6 Å². The van der Waals surface area contributed by atoms with Gasteiger partial charge in [-0.05, 0) is 48.4 Å². The summed E-state index contributed by atoms with van der Waals surface area (Å²) in [7, 11) is -2.52. The first kappa shape index (κ1) is 18.4. The fraction of sp³-hybridized carbons (Fsp3) is 0.188. The molecule has 0 bridgehead atoms. The maximum absolute atomic E-state index is 12.1. The van der Waals surface area contributed by atoms with Crippen LogP contribution in [0.1, 0.15) is 15.9 Å². The number of nitrogens with one attached hydrogen (secondary N) is 2. The number of carbonyl (C=O) groups is 1. The van der Waals surface area contributed by atoms with Crippen LogP contribution in [-0.4, -0.2) is 28.0 Å². The topological polar surface area (TPSA) is 84.5 Å². The Labute approximate surface area is 145 Å². The minimum absolute atomic E-state index is 0.0158. The fourth-order valence-corrected chi connectivity index (χ4v) is 2.95. The van der Waals surface area contributed by atoms with Crippen LogP contribution >= 0.6 is 11.6 Å². The Morgan fingerprint density at radius 1 is 1.08 bits per heavy atom. The number of rotatable bonds is 7. The second kappa shape index (κ2) is 8.25. The first-order chi connectivity index (χ1) is 11.4. The molecule has 24 heavy (non-hydrogen) atoms. The Bertz CT molecular complexity index is 790. The van der Waals surface area contributed by atoms with Gasteiger partial charge in [0.25, 0.3) is 15.9 Å². The zero-order valence-electron chi connectivity index (χ0n) is 13.0. The predicted octanol–water partition coefficient (Wildman–Crippen LogP) is 2.15. The third-order valence-corrected chi connectivity index (χ3v) is 4.76. The summed E-state index contributed by atoms with van der Waals surface area (Å²) in [5.74, 6) is -0.271. The Morgan fingerprint density at radius 2 is 1.71 bits per heavy atom. The summed E-state index contributed by atoms with van der Waals surface area (Å²) in [5.41, 5.74) is 1.44. The summed E-state index contributed by atoms with van der Waals surface area (Å²) in [6, 6.07) is 13.0.